The molecule has 0 unspecified atom stereocenters. The van der Waals surface area contributed by atoms with Gasteiger partial charge in [0.1, 0.15) is 17.4 Å². The summed E-state index contributed by atoms with van der Waals surface area (Å²) in [6, 6.07) is 10.5. The Morgan fingerprint density at radius 2 is 2.09 bits per heavy atom. The summed E-state index contributed by atoms with van der Waals surface area (Å²) < 4.78 is 15.9. The second-order valence-corrected chi connectivity index (χ2v) is 7.86. The fourth-order valence-corrected chi connectivity index (χ4v) is 4.05. The first-order valence-corrected chi connectivity index (χ1v) is 10.2. The minimum Gasteiger partial charge on any atom is -0.355 e. The van der Waals surface area contributed by atoms with Crippen molar-refractivity contribution in [1.82, 2.24) is 15.1 Å². The van der Waals surface area contributed by atoms with E-state index in [0.717, 1.165) is 16.7 Å². The first-order chi connectivity index (χ1) is 15.3. The molecule has 2 heterocycles. The highest BCUT2D eigenvalue weighted by atomic mass is 19.1. The molecule has 2 aromatic carbocycles. The summed E-state index contributed by atoms with van der Waals surface area (Å²) in [5, 5.41) is 16.1. The minimum absolute atomic E-state index is 0.00658. The van der Waals surface area contributed by atoms with Gasteiger partial charge in [0, 0.05) is 32.4 Å². The Balaban J connectivity index is 1.66. The van der Waals surface area contributed by atoms with Crippen molar-refractivity contribution in [1.29, 1.82) is 5.26 Å². The third-order valence-electron chi connectivity index (χ3n) is 5.73. The molecule has 0 bridgehead atoms. The Hall–Kier alpha value is -3.99. The Morgan fingerprint density at radius 1 is 1.31 bits per heavy atom. The van der Waals surface area contributed by atoms with Crippen LogP contribution in [0.2, 0.25) is 0 Å². The molecule has 32 heavy (non-hydrogen) atoms. The van der Waals surface area contributed by atoms with Crippen LogP contribution in [0.5, 0.6) is 0 Å². The quantitative estimate of drug-likeness (QED) is 0.688. The molecule has 0 saturated carbocycles. The van der Waals surface area contributed by atoms with Gasteiger partial charge in [-0.3, -0.25) is 19.2 Å². The number of hydrogen-bond donors (Lipinski definition) is 1. The highest BCUT2D eigenvalue weighted by Gasteiger charge is 2.29. The summed E-state index contributed by atoms with van der Waals surface area (Å²) in [6.07, 6.45) is 2.67. The Kier molecular flexibility index (Phi) is 5.49. The molecular weight excluding hydrogens is 409 g/mol. The van der Waals surface area contributed by atoms with E-state index in [4.69, 9.17) is 0 Å². The Labute approximate surface area is 185 Å². The van der Waals surface area contributed by atoms with Gasteiger partial charge in [0.2, 0.25) is 0 Å². The lowest BCUT2D eigenvalue weighted by Crippen LogP contribution is -2.38. The average Bonchev–Trinajstić information content (AvgIpc) is 3.15. The number of aryl methyl sites for hydroxylation is 2. The van der Waals surface area contributed by atoms with E-state index in [9.17, 15) is 19.2 Å². The smallest absolute Gasteiger partial charge is 0.259 e. The van der Waals surface area contributed by atoms with Gasteiger partial charge in [0.05, 0.1) is 5.56 Å². The number of carbonyl (C=O) groups is 2. The van der Waals surface area contributed by atoms with Gasteiger partial charge in [-0.15, -0.1) is 0 Å². The van der Waals surface area contributed by atoms with E-state index in [1.165, 1.54) is 28.8 Å². The van der Waals surface area contributed by atoms with E-state index in [1.54, 1.807) is 19.3 Å². The molecule has 4 rings (SSSR count). The number of amides is 2. The summed E-state index contributed by atoms with van der Waals surface area (Å²) >= 11 is 0. The molecule has 1 aliphatic rings. The first kappa shape index (κ1) is 21.2. The Bertz CT molecular complexity index is 1290. The van der Waals surface area contributed by atoms with Crippen LogP contribution in [-0.4, -0.2) is 35.2 Å². The molecule has 1 N–H and O–H groups in total. The molecule has 0 aliphatic carbocycles. The van der Waals surface area contributed by atoms with E-state index < -0.39 is 11.7 Å². The number of benzene rings is 2. The summed E-state index contributed by atoms with van der Waals surface area (Å²) in [5.41, 5.74) is 4.46. The summed E-state index contributed by atoms with van der Waals surface area (Å²) in [6.45, 7) is 2.41. The molecule has 2 amide bonds. The fraction of sp³-hybridized carbons (Fsp3) is 0.250. The monoisotopic (exact) mass is 431 g/mol. The van der Waals surface area contributed by atoms with Crippen LogP contribution in [0.4, 0.5) is 10.2 Å². The van der Waals surface area contributed by atoms with Crippen molar-refractivity contribution in [2.75, 3.05) is 18.5 Å². The zero-order valence-corrected chi connectivity index (χ0v) is 18.1. The number of halogens is 1. The number of nitrogens with one attached hydrogen (secondary N) is 1. The fourth-order valence-electron chi connectivity index (χ4n) is 4.05. The van der Waals surface area contributed by atoms with Gasteiger partial charge in [-0.1, -0.05) is 12.1 Å². The summed E-state index contributed by atoms with van der Waals surface area (Å²) in [5.74, 6) is -0.904. The highest BCUT2D eigenvalue weighted by Crippen LogP contribution is 2.29. The number of aromatic nitrogens is 2. The van der Waals surface area contributed by atoms with Crippen molar-refractivity contribution in [3.63, 3.8) is 0 Å². The molecule has 1 aromatic heterocycles. The predicted molar refractivity (Wildman–Crippen MR) is 117 cm³/mol. The number of rotatable bonds is 4. The Morgan fingerprint density at radius 3 is 2.78 bits per heavy atom. The number of anilines is 1. The van der Waals surface area contributed by atoms with Gasteiger partial charge < -0.3 is 5.32 Å². The topological polar surface area (TPSA) is 91.0 Å². The highest BCUT2D eigenvalue weighted by molar-refractivity contribution is 6.08. The van der Waals surface area contributed by atoms with Gasteiger partial charge in [-0.25, -0.2) is 4.39 Å². The van der Waals surface area contributed by atoms with Crippen LogP contribution in [0.25, 0.3) is 0 Å². The largest absolute Gasteiger partial charge is 0.355 e. The molecule has 0 fully saturated rings. The lowest BCUT2D eigenvalue weighted by atomic mass is 9.90. The normalized spacial score (nSPS) is 13.0. The van der Waals surface area contributed by atoms with E-state index in [-0.39, 0.29) is 11.5 Å². The third kappa shape index (κ3) is 3.73. The second-order valence-electron chi connectivity index (χ2n) is 7.86. The van der Waals surface area contributed by atoms with E-state index in [0.29, 0.717) is 41.9 Å². The molecule has 0 spiro atoms. The average molecular weight is 431 g/mol. The zero-order valence-electron chi connectivity index (χ0n) is 18.1. The molecule has 0 radical (unpaired) electrons. The van der Waals surface area contributed by atoms with Crippen LogP contribution < -0.4 is 10.2 Å². The number of fused-ring (bicyclic) bond motifs is 1. The van der Waals surface area contributed by atoms with Gasteiger partial charge >= 0.3 is 0 Å². The van der Waals surface area contributed by atoms with Gasteiger partial charge in [-0.05, 0) is 60.2 Å². The van der Waals surface area contributed by atoms with Gasteiger partial charge in [0.25, 0.3) is 11.8 Å². The minimum atomic E-state index is -0.584. The molecule has 0 atom stereocenters. The zero-order chi connectivity index (χ0) is 23.0. The maximum absolute atomic E-state index is 14.4. The first-order valence-electron chi connectivity index (χ1n) is 10.2. The molecule has 162 valence electrons. The number of nitrogens with zero attached hydrogens (tertiary/aromatic N) is 4. The number of nitriles is 1. The van der Waals surface area contributed by atoms with E-state index in [2.05, 4.69) is 16.5 Å². The molecule has 7 nitrogen and oxygen atoms in total. The van der Waals surface area contributed by atoms with Gasteiger partial charge in [0.15, 0.2) is 5.82 Å². The van der Waals surface area contributed by atoms with Crippen LogP contribution in [-0.2, 0) is 19.9 Å². The van der Waals surface area contributed by atoms with E-state index in [1.807, 2.05) is 19.1 Å². The van der Waals surface area contributed by atoms with Crippen molar-refractivity contribution in [3.8, 4) is 6.07 Å². The lowest BCUT2D eigenvalue weighted by Gasteiger charge is -2.28. The summed E-state index contributed by atoms with van der Waals surface area (Å²) in [4.78, 5) is 26.5. The lowest BCUT2D eigenvalue weighted by molar-refractivity contribution is 0.0956. The van der Waals surface area contributed by atoms with Crippen molar-refractivity contribution in [2.24, 2.45) is 7.05 Å². The summed E-state index contributed by atoms with van der Waals surface area (Å²) in [7, 11) is 3.17. The van der Waals surface area contributed by atoms with Crippen LogP contribution in [0.15, 0.2) is 36.5 Å². The predicted octanol–water partition coefficient (Wildman–Crippen LogP) is 2.89. The van der Waals surface area contributed by atoms with Gasteiger partial charge in [-0.2, -0.15) is 10.4 Å². The molecule has 1 aliphatic heterocycles. The standard InChI is InChI=1S/C24H22FN5O2/c1-14-8-16-6-7-30(22-18(12-26)13-29(3)28-22)24(32)20(16)11-17(14)9-15-4-5-19(21(25)10-15)23(31)27-2/h4-5,8,10-11,13H,6-7,9H2,1-3H3,(H,27,31). The molecule has 8 heteroatoms. The van der Waals surface area contributed by atoms with Crippen LogP contribution in [0, 0.1) is 24.1 Å². The van der Waals surface area contributed by atoms with Crippen molar-refractivity contribution < 1.29 is 14.0 Å². The molecular formula is C24H22FN5O2. The number of carbonyl (C=O) groups excluding carboxylic acids is 2. The maximum atomic E-state index is 14.4. The van der Waals surface area contributed by atoms with Crippen molar-refractivity contribution >= 4 is 17.6 Å². The third-order valence-corrected chi connectivity index (χ3v) is 5.73. The van der Waals surface area contributed by atoms with Crippen LogP contribution >= 0.6 is 0 Å². The maximum Gasteiger partial charge on any atom is 0.259 e. The SMILES string of the molecule is CNC(=O)c1ccc(Cc2cc3c(cc2C)CCN(c2nn(C)cc2C#N)C3=O)cc1F. The molecule has 0 saturated heterocycles. The number of hydrogen-bond acceptors (Lipinski definition) is 4. The second kappa shape index (κ2) is 8.27. The molecule has 3 aromatic rings. The van der Waals surface area contributed by atoms with Crippen LogP contribution in [0.3, 0.4) is 0 Å². The van der Waals surface area contributed by atoms with E-state index >= 15 is 0 Å². The van der Waals surface area contributed by atoms with Crippen molar-refractivity contribution in [3.05, 3.63) is 81.3 Å². The van der Waals surface area contributed by atoms with Crippen LogP contribution in [0.1, 0.15) is 48.5 Å². The van der Waals surface area contributed by atoms with Crippen molar-refractivity contribution in [2.45, 2.75) is 19.8 Å².